The quantitative estimate of drug-likeness (QED) is 0.777. The molecule has 0 atom stereocenters. The molecule has 122 valence electrons. The average Bonchev–Trinajstić information content (AvgIpc) is 2.96. The van der Waals surface area contributed by atoms with Crippen LogP contribution in [0.4, 0.5) is 0 Å². The van der Waals surface area contributed by atoms with Crippen LogP contribution in [0, 0.1) is 13.8 Å². The highest BCUT2D eigenvalue weighted by Crippen LogP contribution is 2.21. The van der Waals surface area contributed by atoms with Crippen molar-refractivity contribution in [2.45, 2.75) is 26.8 Å². The number of hydrogen-bond donors (Lipinski definition) is 1. The third kappa shape index (κ3) is 3.90. The van der Waals surface area contributed by atoms with Gasteiger partial charge in [0.15, 0.2) is 0 Å². The monoisotopic (exact) mass is 320 g/mol. The van der Waals surface area contributed by atoms with E-state index >= 15 is 0 Å². The van der Waals surface area contributed by atoms with Gasteiger partial charge in [0.2, 0.25) is 11.8 Å². The molecule has 3 rings (SSSR count). The van der Waals surface area contributed by atoms with Crippen molar-refractivity contribution in [1.82, 2.24) is 10.3 Å². The van der Waals surface area contributed by atoms with E-state index in [-0.39, 0.29) is 12.3 Å². The largest absolute Gasteiger partial charge is 0.440 e. The van der Waals surface area contributed by atoms with Gasteiger partial charge in [-0.1, -0.05) is 48.0 Å². The Morgan fingerprint density at radius 2 is 1.75 bits per heavy atom. The number of aryl methyl sites for hydroxylation is 2. The molecule has 0 radical (unpaired) electrons. The minimum atomic E-state index is -0.0746. The molecule has 4 heteroatoms. The molecular weight excluding hydrogens is 300 g/mol. The standard InChI is InChI=1S/C20H20N2O2/c1-14-8-10-16(11-9-14)13-21-19(23)12-18-15(2)22-20(24-18)17-6-4-3-5-7-17/h3-11H,12-13H2,1-2H3,(H,21,23). The van der Waals surface area contributed by atoms with Gasteiger partial charge in [-0.25, -0.2) is 4.98 Å². The summed E-state index contributed by atoms with van der Waals surface area (Å²) in [4.78, 5) is 16.6. The third-order valence-corrected chi connectivity index (χ3v) is 3.84. The molecule has 2 aromatic carbocycles. The maximum absolute atomic E-state index is 12.2. The molecule has 0 fully saturated rings. The van der Waals surface area contributed by atoms with Crippen LogP contribution in [-0.4, -0.2) is 10.9 Å². The van der Waals surface area contributed by atoms with Crippen molar-refractivity contribution in [1.29, 1.82) is 0 Å². The lowest BCUT2D eigenvalue weighted by molar-refractivity contribution is -0.120. The molecule has 1 amide bonds. The Balaban J connectivity index is 1.62. The first kappa shape index (κ1) is 16.0. The number of rotatable bonds is 5. The van der Waals surface area contributed by atoms with Crippen molar-refractivity contribution >= 4 is 5.91 Å². The number of nitrogens with one attached hydrogen (secondary N) is 1. The molecule has 1 N–H and O–H groups in total. The minimum absolute atomic E-state index is 0.0746. The fraction of sp³-hybridized carbons (Fsp3) is 0.200. The van der Waals surface area contributed by atoms with E-state index in [9.17, 15) is 4.79 Å². The van der Waals surface area contributed by atoms with Gasteiger partial charge in [0.05, 0.1) is 12.1 Å². The number of benzene rings is 2. The molecule has 1 aromatic heterocycles. The molecule has 0 spiro atoms. The van der Waals surface area contributed by atoms with Crippen molar-refractivity contribution in [3.05, 3.63) is 77.2 Å². The van der Waals surface area contributed by atoms with E-state index in [4.69, 9.17) is 4.42 Å². The van der Waals surface area contributed by atoms with Gasteiger partial charge in [-0.2, -0.15) is 0 Å². The first-order chi connectivity index (χ1) is 11.6. The zero-order valence-corrected chi connectivity index (χ0v) is 13.9. The number of oxazole rings is 1. The fourth-order valence-corrected chi connectivity index (χ4v) is 2.41. The Morgan fingerprint density at radius 3 is 2.46 bits per heavy atom. The third-order valence-electron chi connectivity index (χ3n) is 3.84. The van der Waals surface area contributed by atoms with E-state index in [1.807, 2.05) is 68.4 Å². The second-order valence-corrected chi connectivity index (χ2v) is 5.83. The zero-order chi connectivity index (χ0) is 16.9. The SMILES string of the molecule is Cc1ccc(CNC(=O)Cc2oc(-c3ccccc3)nc2C)cc1. The molecule has 0 saturated carbocycles. The van der Waals surface area contributed by atoms with Gasteiger partial charge < -0.3 is 9.73 Å². The van der Waals surface area contributed by atoms with Crippen LogP contribution in [0.5, 0.6) is 0 Å². The molecule has 0 unspecified atom stereocenters. The van der Waals surface area contributed by atoms with Crippen LogP contribution < -0.4 is 5.32 Å². The van der Waals surface area contributed by atoms with E-state index in [2.05, 4.69) is 10.3 Å². The lowest BCUT2D eigenvalue weighted by atomic mass is 10.1. The zero-order valence-electron chi connectivity index (χ0n) is 13.9. The summed E-state index contributed by atoms with van der Waals surface area (Å²) in [6.07, 6.45) is 0.192. The number of aromatic nitrogens is 1. The van der Waals surface area contributed by atoms with Crippen LogP contribution in [-0.2, 0) is 17.8 Å². The predicted octanol–water partition coefficient (Wildman–Crippen LogP) is 3.82. The number of amides is 1. The average molecular weight is 320 g/mol. The Bertz CT molecular complexity index is 821. The van der Waals surface area contributed by atoms with Crippen molar-refractivity contribution < 1.29 is 9.21 Å². The van der Waals surface area contributed by atoms with Crippen LogP contribution in [0.2, 0.25) is 0 Å². The Kier molecular flexibility index (Phi) is 4.75. The molecule has 0 saturated heterocycles. The maximum atomic E-state index is 12.2. The lowest BCUT2D eigenvalue weighted by Crippen LogP contribution is -2.24. The normalized spacial score (nSPS) is 10.6. The summed E-state index contributed by atoms with van der Waals surface area (Å²) in [5, 5.41) is 2.92. The highest BCUT2D eigenvalue weighted by molar-refractivity contribution is 5.78. The molecule has 0 bridgehead atoms. The molecule has 3 aromatic rings. The van der Waals surface area contributed by atoms with Crippen LogP contribution in [0.1, 0.15) is 22.6 Å². The van der Waals surface area contributed by atoms with E-state index in [1.54, 1.807) is 0 Å². The Hall–Kier alpha value is -2.88. The fourth-order valence-electron chi connectivity index (χ4n) is 2.41. The maximum Gasteiger partial charge on any atom is 0.227 e. The molecule has 24 heavy (non-hydrogen) atoms. The molecule has 0 aliphatic carbocycles. The van der Waals surface area contributed by atoms with Crippen LogP contribution in [0.15, 0.2) is 59.0 Å². The van der Waals surface area contributed by atoms with Gasteiger partial charge in [0.25, 0.3) is 0 Å². The summed E-state index contributed by atoms with van der Waals surface area (Å²) in [5.41, 5.74) is 3.94. The van der Waals surface area contributed by atoms with Gasteiger partial charge >= 0.3 is 0 Å². The van der Waals surface area contributed by atoms with Crippen LogP contribution in [0.25, 0.3) is 11.5 Å². The van der Waals surface area contributed by atoms with Gasteiger partial charge in [-0.3, -0.25) is 4.79 Å². The van der Waals surface area contributed by atoms with Gasteiger partial charge in [0.1, 0.15) is 5.76 Å². The van der Waals surface area contributed by atoms with Crippen LogP contribution >= 0.6 is 0 Å². The Labute approximate surface area is 141 Å². The minimum Gasteiger partial charge on any atom is -0.440 e. The molecule has 0 aliphatic heterocycles. The summed E-state index contributed by atoms with van der Waals surface area (Å²) >= 11 is 0. The molecule has 0 aliphatic rings. The molecular formula is C20H20N2O2. The van der Waals surface area contributed by atoms with Gasteiger partial charge in [0, 0.05) is 12.1 Å². The van der Waals surface area contributed by atoms with Crippen LogP contribution in [0.3, 0.4) is 0 Å². The van der Waals surface area contributed by atoms with E-state index in [1.165, 1.54) is 5.56 Å². The summed E-state index contributed by atoms with van der Waals surface area (Å²) < 4.78 is 5.77. The highest BCUT2D eigenvalue weighted by Gasteiger charge is 2.14. The smallest absolute Gasteiger partial charge is 0.227 e. The predicted molar refractivity (Wildman–Crippen MR) is 93.4 cm³/mol. The number of nitrogens with zero attached hydrogens (tertiary/aromatic N) is 1. The van der Waals surface area contributed by atoms with E-state index in [0.717, 1.165) is 16.8 Å². The summed E-state index contributed by atoms with van der Waals surface area (Å²) in [6.45, 7) is 4.41. The lowest BCUT2D eigenvalue weighted by Gasteiger charge is -2.05. The summed E-state index contributed by atoms with van der Waals surface area (Å²) in [6, 6.07) is 17.8. The topological polar surface area (TPSA) is 55.1 Å². The number of carbonyl (C=O) groups excluding carboxylic acids is 1. The van der Waals surface area contributed by atoms with Gasteiger partial charge in [-0.15, -0.1) is 0 Å². The summed E-state index contributed by atoms with van der Waals surface area (Å²) in [7, 11) is 0. The second kappa shape index (κ2) is 7.13. The number of hydrogen-bond acceptors (Lipinski definition) is 3. The van der Waals surface area contributed by atoms with Crippen molar-refractivity contribution in [3.8, 4) is 11.5 Å². The molecule has 1 heterocycles. The van der Waals surface area contributed by atoms with E-state index in [0.29, 0.717) is 18.2 Å². The van der Waals surface area contributed by atoms with E-state index < -0.39 is 0 Å². The van der Waals surface area contributed by atoms with Crippen molar-refractivity contribution in [3.63, 3.8) is 0 Å². The molecule has 4 nitrogen and oxygen atoms in total. The Morgan fingerprint density at radius 1 is 1.04 bits per heavy atom. The first-order valence-corrected chi connectivity index (χ1v) is 7.96. The highest BCUT2D eigenvalue weighted by atomic mass is 16.4. The van der Waals surface area contributed by atoms with Crippen molar-refractivity contribution in [2.75, 3.05) is 0 Å². The van der Waals surface area contributed by atoms with Crippen molar-refractivity contribution in [2.24, 2.45) is 0 Å². The van der Waals surface area contributed by atoms with Gasteiger partial charge in [-0.05, 0) is 31.5 Å². The number of carbonyl (C=O) groups is 1. The summed E-state index contributed by atoms with van der Waals surface area (Å²) in [5.74, 6) is 1.08. The second-order valence-electron chi connectivity index (χ2n) is 5.83. The first-order valence-electron chi connectivity index (χ1n) is 7.96.